The van der Waals surface area contributed by atoms with Crippen molar-refractivity contribution in [3.05, 3.63) is 29.8 Å². The van der Waals surface area contributed by atoms with Crippen LogP contribution in [0.5, 0.6) is 5.75 Å². The van der Waals surface area contributed by atoms with Gasteiger partial charge in [-0.1, -0.05) is 18.2 Å². The summed E-state index contributed by atoms with van der Waals surface area (Å²) in [6.45, 7) is 0.987. The highest BCUT2D eigenvalue weighted by Crippen LogP contribution is 2.31. The number of hydrogen-bond donors (Lipinski definition) is 3. The molecule has 1 aromatic carbocycles. The van der Waals surface area contributed by atoms with Crippen molar-refractivity contribution in [2.75, 3.05) is 13.2 Å². The molecular weight excluding hydrogens is 258 g/mol. The van der Waals surface area contributed by atoms with Crippen molar-refractivity contribution in [2.24, 2.45) is 0 Å². The number of carbonyl (C=O) groups is 2. The molecule has 0 saturated carbocycles. The van der Waals surface area contributed by atoms with Gasteiger partial charge >= 0.3 is 6.03 Å². The largest absolute Gasteiger partial charge is 0.493 e. The number of hydrogen-bond acceptors (Lipinski definition) is 3. The number of benzene rings is 1. The van der Waals surface area contributed by atoms with Crippen LogP contribution < -0.4 is 20.7 Å². The number of urea groups is 1. The number of nitrogens with one attached hydrogen (secondary N) is 3. The Morgan fingerprint density at radius 2 is 2.20 bits per heavy atom. The molecule has 20 heavy (non-hydrogen) atoms. The van der Waals surface area contributed by atoms with Crippen LogP contribution in [0.1, 0.15) is 24.4 Å². The number of rotatable bonds is 2. The molecule has 2 aliphatic rings. The summed E-state index contributed by atoms with van der Waals surface area (Å²) in [5.41, 5.74) is 0.996. The second-order valence-corrected chi connectivity index (χ2v) is 5.00. The van der Waals surface area contributed by atoms with Crippen molar-refractivity contribution < 1.29 is 14.3 Å². The second-order valence-electron chi connectivity index (χ2n) is 5.00. The maximum Gasteiger partial charge on any atom is 0.315 e. The Morgan fingerprint density at radius 3 is 3.00 bits per heavy atom. The van der Waals surface area contributed by atoms with Crippen molar-refractivity contribution in [3.8, 4) is 5.75 Å². The molecule has 1 fully saturated rings. The van der Waals surface area contributed by atoms with Gasteiger partial charge in [-0.15, -0.1) is 0 Å². The van der Waals surface area contributed by atoms with Crippen LogP contribution in [0.4, 0.5) is 4.79 Å². The van der Waals surface area contributed by atoms with Crippen molar-refractivity contribution >= 4 is 11.9 Å². The average Bonchev–Trinajstić information content (AvgIpc) is 2.79. The van der Waals surface area contributed by atoms with Crippen LogP contribution in [0.3, 0.4) is 0 Å². The summed E-state index contributed by atoms with van der Waals surface area (Å²) in [5.74, 6) is 0.661. The first kappa shape index (κ1) is 12.8. The number of ether oxygens (including phenoxy) is 1. The van der Waals surface area contributed by atoms with Gasteiger partial charge in [-0.25, -0.2) is 4.79 Å². The summed E-state index contributed by atoms with van der Waals surface area (Å²) in [4.78, 5) is 23.3. The predicted molar refractivity (Wildman–Crippen MR) is 72.4 cm³/mol. The molecular formula is C14H17N3O3. The van der Waals surface area contributed by atoms with E-state index in [1.807, 2.05) is 24.3 Å². The topological polar surface area (TPSA) is 79.5 Å². The first-order chi connectivity index (χ1) is 9.74. The number of amides is 3. The molecule has 2 atom stereocenters. The molecule has 2 unspecified atom stereocenters. The molecule has 0 aromatic heterocycles. The highest BCUT2D eigenvalue weighted by molar-refractivity contribution is 5.90. The third-order valence-corrected chi connectivity index (χ3v) is 3.59. The summed E-state index contributed by atoms with van der Waals surface area (Å²) < 4.78 is 5.67. The second kappa shape index (κ2) is 5.40. The molecule has 2 aliphatic heterocycles. The van der Waals surface area contributed by atoms with Crippen LogP contribution in [-0.4, -0.2) is 31.1 Å². The Balaban J connectivity index is 1.73. The Kier molecular flexibility index (Phi) is 3.45. The molecule has 1 saturated heterocycles. The maximum atomic E-state index is 12.2. The van der Waals surface area contributed by atoms with Gasteiger partial charge in [-0.05, 0) is 18.9 Å². The zero-order chi connectivity index (χ0) is 13.9. The zero-order valence-corrected chi connectivity index (χ0v) is 11.0. The monoisotopic (exact) mass is 275 g/mol. The Bertz CT molecular complexity index is 532. The lowest BCUT2D eigenvalue weighted by molar-refractivity contribution is -0.123. The van der Waals surface area contributed by atoms with Gasteiger partial charge in [-0.2, -0.15) is 0 Å². The molecule has 6 nitrogen and oxygen atoms in total. The molecule has 0 spiro atoms. The maximum absolute atomic E-state index is 12.2. The lowest BCUT2D eigenvalue weighted by Crippen LogP contribution is -2.44. The van der Waals surface area contributed by atoms with Crippen LogP contribution in [-0.2, 0) is 4.79 Å². The SMILES string of the molecule is O=C1NCC(C(=O)NC2CCCOc3ccccc32)N1. The van der Waals surface area contributed by atoms with E-state index in [-0.39, 0.29) is 18.0 Å². The zero-order valence-electron chi connectivity index (χ0n) is 11.0. The van der Waals surface area contributed by atoms with Gasteiger partial charge in [0.25, 0.3) is 0 Å². The van der Waals surface area contributed by atoms with E-state index in [9.17, 15) is 9.59 Å². The van der Waals surface area contributed by atoms with Gasteiger partial charge in [-0.3, -0.25) is 4.79 Å². The number of para-hydroxylation sites is 1. The van der Waals surface area contributed by atoms with Gasteiger partial charge in [0.2, 0.25) is 5.91 Å². The van der Waals surface area contributed by atoms with Crippen LogP contribution in [0.2, 0.25) is 0 Å². The van der Waals surface area contributed by atoms with E-state index in [4.69, 9.17) is 4.74 Å². The normalized spacial score (nSPS) is 24.7. The lowest BCUT2D eigenvalue weighted by atomic mass is 10.0. The van der Waals surface area contributed by atoms with Crippen LogP contribution in [0.15, 0.2) is 24.3 Å². The molecule has 0 bridgehead atoms. The summed E-state index contributed by atoms with van der Waals surface area (Å²) >= 11 is 0. The van der Waals surface area contributed by atoms with E-state index in [1.54, 1.807) is 0 Å². The van der Waals surface area contributed by atoms with E-state index in [2.05, 4.69) is 16.0 Å². The number of fused-ring (bicyclic) bond motifs is 1. The van der Waals surface area contributed by atoms with Crippen LogP contribution in [0.25, 0.3) is 0 Å². The molecule has 6 heteroatoms. The first-order valence-corrected chi connectivity index (χ1v) is 6.80. The number of carbonyl (C=O) groups excluding carboxylic acids is 2. The summed E-state index contributed by atoms with van der Waals surface area (Å²) in [7, 11) is 0. The van der Waals surface area contributed by atoms with Gasteiger partial charge in [0.05, 0.1) is 12.6 Å². The molecule has 1 aromatic rings. The average molecular weight is 275 g/mol. The van der Waals surface area contributed by atoms with E-state index in [0.29, 0.717) is 13.2 Å². The summed E-state index contributed by atoms with van der Waals surface area (Å²) in [6.07, 6.45) is 1.71. The minimum absolute atomic E-state index is 0.0706. The van der Waals surface area contributed by atoms with Crippen molar-refractivity contribution in [3.63, 3.8) is 0 Å². The fraction of sp³-hybridized carbons (Fsp3) is 0.429. The Labute approximate surface area is 116 Å². The molecule has 0 radical (unpaired) electrons. The van der Waals surface area contributed by atoms with E-state index in [0.717, 1.165) is 24.2 Å². The fourth-order valence-electron chi connectivity index (χ4n) is 2.56. The van der Waals surface area contributed by atoms with Gasteiger partial charge in [0.1, 0.15) is 11.8 Å². The Morgan fingerprint density at radius 1 is 1.35 bits per heavy atom. The highest BCUT2D eigenvalue weighted by Gasteiger charge is 2.29. The molecule has 2 heterocycles. The first-order valence-electron chi connectivity index (χ1n) is 6.80. The van der Waals surface area contributed by atoms with Crippen molar-refractivity contribution in [1.29, 1.82) is 0 Å². The fourth-order valence-corrected chi connectivity index (χ4v) is 2.56. The molecule has 3 amide bonds. The van der Waals surface area contributed by atoms with Gasteiger partial charge in [0.15, 0.2) is 0 Å². The smallest absolute Gasteiger partial charge is 0.315 e. The van der Waals surface area contributed by atoms with E-state index >= 15 is 0 Å². The molecule has 0 aliphatic carbocycles. The summed E-state index contributed by atoms with van der Waals surface area (Å²) in [6, 6.07) is 6.87. The standard InChI is InChI=1S/C14H17N3O3/c18-13(11-8-15-14(19)17-11)16-10-5-3-7-20-12-6-2-1-4-9(10)12/h1-2,4,6,10-11H,3,5,7-8H2,(H,16,18)(H2,15,17,19). The lowest BCUT2D eigenvalue weighted by Gasteiger charge is -2.20. The van der Waals surface area contributed by atoms with E-state index < -0.39 is 6.04 Å². The third-order valence-electron chi connectivity index (χ3n) is 3.59. The van der Waals surface area contributed by atoms with Gasteiger partial charge in [0, 0.05) is 12.1 Å². The third kappa shape index (κ3) is 2.54. The molecule has 106 valence electrons. The summed E-state index contributed by atoms with van der Waals surface area (Å²) in [5, 5.41) is 8.18. The van der Waals surface area contributed by atoms with Crippen LogP contribution >= 0.6 is 0 Å². The molecule has 3 rings (SSSR count). The Hall–Kier alpha value is -2.24. The van der Waals surface area contributed by atoms with Crippen molar-refractivity contribution in [2.45, 2.75) is 24.9 Å². The van der Waals surface area contributed by atoms with Gasteiger partial charge < -0.3 is 20.7 Å². The quantitative estimate of drug-likeness (QED) is 0.743. The molecule has 3 N–H and O–H groups in total. The van der Waals surface area contributed by atoms with Crippen LogP contribution in [0, 0.1) is 0 Å². The van der Waals surface area contributed by atoms with E-state index in [1.165, 1.54) is 0 Å². The minimum atomic E-state index is -0.501. The van der Waals surface area contributed by atoms with Crippen molar-refractivity contribution in [1.82, 2.24) is 16.0 Å². The minimum Gasteiger partial charge on any atom is -0.493 e. The predicted octanol–water partition coefficient (Wildman–Crippen LogP) is 0.698. The highest BCUT2D eigenvalue weighted by atomic mass is 16.5.